The average Bonchev–Trinajstić information content (AvgIpc) is 2.89. The van der Waals surface area contributed by atoms with E-state index in [1.54, 1.807) is 12.1 Å². The van der Waals surface area contributed by atoms with Crippen molar-refractivity contribution in [2.75, 3.05) is 62.2 Å². The third-order valence-corrected chi connectivity index (χ3v) is 7.40. The predicted molar refractivity (Wildman–Crippen MR) is 141 cm³/mol. The first-order valence-corrected chi connectivity index (χ1v) is 12.9. The molecule has 2 aliphatic rings. The van der Waals surface area contributed by atoms with Gasteiger partial charge in [0.15, 0.2) is 0 Å². The van der Waals surface area contributed by atoms with E-state index in [2.05, 4.69) is 30.7 Å². The van der Waals surface area contributed by atoms with E-state index < -0.39 is 0 Å². The van der Waals surface area contributed by atoms with E-state index in [9.17, 15) is 14.0 Å². The summed E-state index contributed by atoms with van der Waals surface area (Å²) in [6.07, 6.45) is 0. The monoisotopic (exact) mass is 554 g/mol. The molecule has 188 valence electrons. The Balaban J connectivity index is 1.19. The lowest BCUT2D eigenvalue weighted by molar-refractivity contribution is 0.0745. The molecule has 2 aliphatic heterocycles. The zero-order chi connectivity index (χ0) is 25.1. The number of hydrogen-bond acceptors (Lipinski definition) is 6. The van der Waals surface area contributed by atoms with E-state index >= 15 is 0 Å². The maximum absolute atomic E-state index is 14.1. The molecule has 0 radical (unpaired) electrons. The van der Waals surface area contributed by atoms with Crippen LogP contribution >= 0.6 is 15.9 Å². The molecule has 2 fully saturated rings. The second-order valence-electron chi connectivity index (χ2n) is 9.03. The first kappa shape index (κ1) is 24.5. The van der Waals surface area contributed by atoms with Crippen LogP contribution < -0.4 is 15.4 Å². The molecule has 0 bridgehead atoms. The van der Waals surface area contributed by atoms with E-state index in [0.29, 0.717) is 68.7 Å². The summed E-state index contributed by atoms with van der Waals surface area (Å²) < 4.78 is 14.9. The van der Waals surface area contributed by atoms with Crippen molar-refractivity contribution in [3.8, 4) is 0 Å². The van der Waals surface area contributed by atoms with Crippen molar-refractivity contribution >= 4 is 33.5 Å². The number of para-hydroxylation sites is 1. The maximum atomic E-state index is 14.1. The highest BCUT2D eigenvalue weighted by atomic mass is 79.9. The molecule has 10 heteroatoms. The van der Waals surface area contributed by atoms with E-state index in [4.69, 9.17) is 4.98 Å². The summed E-state index contributed by atoms with van der Waals surface area (Å²) in [5, 5.41) is 0. The van der Waals surface area contributed by atoms with Crippen LogP contribution in [0.25, 0.3) is 0 Å². The number of anilines is 2. The normalized spacial score (nSPS) is 16.9. The molecule has 0 unspecified atom stereocenters. The first-order valence-electron chi connectivity index (χ1n) is 12.1. The van der Waals surface area contributed by atoms with Gasteiger partial charge in [-0.25, -0.2) is 9.37 Å². The minimum atomic E-state index is -0.204. The van der Waals surface area contributed by atoms with Gasteiger partial charge in [0, 0.05) is 69.4 Å². The molecular formula is C26H28BrFN6O2. The molecule has 36 heavy (non-hydrogen) atoms. The van der Waals surface area contributed by atoms with Crippen LogP contribution in [0.3, 0.4) is 0 Å². The molecule has 1 amide bonds. The number of nitrogens with zero attached hydrogens (tertiary/aromatic N) is 5. The zero-order valence-electron chi connectivity index (χ0n) is 19.9. The number of H-pyrrole nitrogens is 1. The van der Waals surface area contributed by atoms with Crippen LogP contribution in [0.4, 0.5) is 16.0 Å². The number of nitrogens with one attached hydrogen (secondary N) is 1. The van der Waals surface area contributed by atoms with Gasteiger partial charge in [-0.2, -0.15) is 0 Å². The fourth-order valence-corrected chi connectivity index (χ4v) is 5.19. The highest BCUT2D eigenvalue weighted by molar-refractivity contribution is 9.10. The van der Waals surface area contributed by atoms with Crippen LogP contribution in [0, 0.1) is 5.82 Å². The van der Waals surface area contributed by atoms with Crippen LogP contribution in [-0.2, 0) is 6.54 Å². The van der Waals surface area contributed by atoms with Crippen molar-refractivity contribution in [3.05, 3.63) is 86.5 Å². The second-order valence-corrected chi connectivity index (χ2v) is 9.89. The summed E-state index contributed by atoms with van der Waals surface area (Å²) in [6.45, 7) is 5.77. The number of rotatable bonds is 5. The number of aromatic nitrogens is 2. The van der Waals surface area contributed by atoms with Gasteiger partial charge in [-0.1, -0.05) is 24.3 Å². The predicted octanol–water partition coefficient (Wildman–Crippen LogP) is 2.96. The topological polar surface area (TPSA) is 75.8 Å². The number of amides is 1. The summed E-state index contributed by atoms with van der Waals surface area (Å²) in [4.78, 5) is 41.0. The number of carbonyl (C=O) groups excluding carboxylic acids is 1. The highest BCUT2D eigenvalue weighted by Crippen LogP contribution is 2.22. The third-order valence-electron chi connectivity index (χ3n) is 6.70. The van der Waals surface area contributed by atoms with Gasteiger partial charge in [0.25, 0.3) is 11.5 Å². The van der Waals surface area contributed by atoms with Crippen LogP contribution in [0.2, 0.25) is 0 Å². The Kier molecular flexibility index (Phi) is 7.33. The van der Waals surface area contributed by atoms with E-state index in [1.807, 2.05) is 46.2 Å². The largest absolute Gasteiger partial charge is 0.367 e. The molecule has 2 saturated heterocycles. The Morgan fingerprint density at radius 3 is 2.31 bits per heavy atom. The van der Waals surface area contributed by atoms with Crippen molar-refractivity contribution in [3.63, 3.8) is 0 Å². The molecular weight excluding hydrogens is 527 g/mol. The Hall–Kier alpha value is -3.24. The van der Waals surface area contributed by atoms with Gasteiger partial charge >= 0.3 is 0 Å². The molecule has 0 spiro atoms. The third kappa shape index (κ3) is 5.44. The lowest BCUT2D eigenvalue weighted by atomic mass is 10.2. The van der Waals surface area contributed by atoms with Gasteiger partial charge < -0.3 is 14.7 Å². The smallest absolute Gasteiger partial charge is 0.255 e. The lowest BCUT2D eigenvalue weighted by Crippen LogP contribution is -2.49. The minimum absolute atomic E-state index is 0.00754. The summed E-state index contributed by atoms with van der Waals surface area (Å²) in [6, 6.07) is 15.8. The van der Waals surface area contributed by atoms with E-state index in [0.717, 1.165) is 17.6 Å². The van der Waals surface area contributed by atoms with Gasteiger partial charge in [-0.3, -0.25) is 19.5 Å². The SMILES string of the molecule is O=C(c1ccccc1Br)N1CCN(c2nc(CN3CCN(c4ccccc4F)CC3)cc(=O)[nH]2)CC1. The van der Waals surface area contributed by atoms with Crippen molar-refractivity contribution in [1.29, 1.82) is 0 Å². The van der Waals surface area contributed by atoms with Gasteiger partial charge in [-0.15, -0.1) is 0 Å². The first-order chi connectivity index (χ1) is 17.5. The maximum Gasteiger partial charge on any atom is 0.255 e. The zero-order valence-corrected chi connectivity index (χ0v) is 21.5. The number of carbonyl (C=O) groups is 1. The lowest BCUT2D eigenvalue weighted by Gasteiger charge is -2.36. The van der Waals surface area contributed by atoms with Crippen LogP contribution in [0.1, 0.15) is 16.1 Å². The fourth-order valence-electron chi connectivity index (χ4n) is 4.74. The Morgan fingerprint density at radius 2 is 1.58 bits per heavy atom. The molecule has 8 nitrogen and oxygen atoms in total. The van der Waals surface area contributed by atoms with Crippen molar-refractivity contribution in [2.24, 2.45) is 0 Å². The summed E-state index contributed by atoms with van der Waals surface area (Å²) in [5.41, 5.74) is 1.80. The van der Waals surface area contributed by atoms with Crippen LogP contribution in [0.15, 0.2) is 63.9 Å². The van der Waals surface area contributed by atoms with Gasteiger partial charge in [-0.05, 0) is 40.2 Å². The van der Waals surface area contributed by atoms with Gasteiger partial charge in [0.05, 0.1) is 16.9 Å². The fraction of sp³-hybridized carbons (Fsp3) is 0.346. The van der Waals surface area contributed by atoms with Gasteiger partial charge in [0.2, 0.25) is 5.95 Å². The highest BCUT2D eigenvalue weighted by Gasteiger charge is 2.25. The molecule has 0 saturated carbocycles. The molecule has 0 atom stereocenters. The summed E-state index contributed by atoms with van der Waals surface area (Å²) >= 11 is 3.46. The number of piperazine rings is 2. The molecule has 3 aromatic rings. The number of hydrogen-bond donors (Lipinski definition) is 1. The van der Waals surface area contributed by atoms with E-state index in [-0.39, 0.29) is 17.3 Å². The minimum Gasteiger partial charge on any atom is -0.367 e. The van der Waals surface area contributed by atoms with Crippen molar-refractivity contribution in [1.82, 2.24) is 19.8 Å². The van der Waals surface area contributed by atoms with E-state index in [1.165, 1.54) is 6.07 Å². The number of halogens is 2. The second kappa shape index (κ2) is 10.8. The summed E-state index contributed by atoms with van der Waals surface area (Å²) in [7, 11) is 0. The number of aromatic amines is 1. The van der Waals surface area contributed by atoms with Crippen molar-refractivity contribution in [2.45, 2.75) is 6.54 Å². The molecule has 1 N–H and O–H groups in total. The average molecular weight is 555 g/mol. The quantitative estimate of drug-likeness (QED) is 0.522. The molecule has 0 aliphatic carbocycles. The Labute approximate surface area is 217 Å². The molecule has 1 aromatic heterocycles. The Bertz CT molecular complexity index is 1290. The van der Waals surface area contributed by atoms with Crippen LogP contribution in [0.5, 0.6) is 0 Å². The van der Waals surface area contributed by atoms with Crippen LogP contribution in [-0.4, -0.2) is 78.0 Å². The van der Waals surface area contributed by atoms with Crippen molar-refractivity contribution < 1.29 is 9.18 Å². The molecule has 2 aromatic carbocycles. The summed E-state index contributed by atoms with van der Waals surface area (Å²) in [5.74, 6) is 0.326. The number of benzene rings is 2. The Morgan fingerprint density at radius 1 is 0.917 bits per heavy atom. The molecule has 3 heterocycles. The van der Waals surface area contributed by atoms with Gasteiger partial charge in [0.1, 0.15) is 5.82 Å². The standard InChI is InChI=1S/C26H28BrFN6O2/c27-21-6-2-1-5-20(21)25(36)33-13-15-34(16-14-33)26-29-19(17-24(35)30-26)18-31-9-11-32(12-10-31)23-8-4-3-7-22(23)28/h1-8,17H,9-16,18H2,(H,29,30,35). The molecule has 5 rings (SSSR count).